The number of carbonyl (C=O) groups excluding carboxylic acids is 2. The summed E-state index contributed by atoms with van der Waals surface area (Å²) in [5.41, 5.74) is 2.26. The second-order valence-electron chi connectivity index (χ2n) is 6.02. The Bertz CT molecular complexity index is 1050. The number of hydrogen-bond donors (Lipinski definition) is 2. The van der Waals surface area contributed by atoms with Gasteiger partial charge >= 0.3 is 0 Å². The van der Waals surface area contributed by atoms with E-state index < -0.39 is 0 Å². The van der Waals surface area contributed by atoms with E-state index in [1.54, 1.807) is 42.5 Å². The number of anilines is 1. The Morgan fingerprint density at radius 3 is 2.38 bits per heavy atom. The zero-order valence-corrected chi connectivity index (χ0v) is 16.9. The number of rotatable bonds is 6. The van der Waals surface area contributed by atoms with Crippen LogP contribution in [0.1, 0.15) is 32.9 Å². The smallest absolute Gasteiger partial charge is 0.282 e. The number of nitrogens with one attached hydrogen (secondary N) is 2. The van der Waals surface area contributed by atoms with Crippen LogP contribution in [0.3, 0.4) is 0 Å². The van der Waals surface area contributed by atoms with Crippen LogP contribution in [-0.2, 0) is 11.3 Å². The molecule has 0 fully saturated rings. The number of halogens is 2. The van der Waals surface area contributed by atoms with Crippen LogP contribution < -0.4 is 10.6 Å². The second-order valence-corrected chi connectivity index (χ2v) is 7.40. The molecular weight excluding hydrogens is 415 g/mol. The highest BCUT2D eigenvalue weighted by atomic mass is 35.5. The van der Waals surface area contributed by atoms with Crippen LogP contribution in [0.25, 0.3) is 11.1 Å². The molecule has 0 aliphatic carbocycles. The average molecular weight is 431 g/mol. The lowest BCUT2D eigenvalue weighted by molar-refractivity contribution is -0.114. The number of amides is 2. The molecule has 2 N–H and O–H groups in total. The maximum atomic E-state index is 12.9. The molecule has 2 amide bonds. The molecule has 0 spiro atoms. The predicted molar refractivity (Wildman–Crippen MR) is 112 cm³/mol. The Hall–Kier alpha value is -3.10. The average Bonchev–Trinajstić information content (AvgIpc) is 3.19. The lowest BCUT2D eigenvalue weighted by Crippen LogP contribution is -2.22. The number of benzene rings is 2. The lowest BCUT2D eigenvalue weighted by atomic mass is 10.2. The largest absolute Gasteiger partial charge is 0.346 e. The van der Waals surface area contributed by atoms with Crippen molar-refractivity contribution in [3.05, 3.63) is 75.5 Å². The summed E-state index contributed by atoms with van der Waals surface area (Å²) in [6.45, 7) is 1.69. The van der Waals surface area contributed by atoms with Gasteiger partial charge < -0.3 is 10.6 Å². The van der Waals surface area contributed by atoms with Crippen molar-refractivity contribution in [2.75, 3.05) is 5.32 Å². The molecule has 1 aromatic heterocycles. The number of carbonyl (C=O) groups is 2. The maximum Gasteiger partial charge on any atom is 0.282 e. The monoisotopic (exact) mass is 430 g/mol. The summed E-state index contributed by atoms with van der Waals surface area (Å²) < 4.78 is 12.9. The minimum atomic E-state index is -0.387. The number of nitrogens with zero attached hydrogens (tertiary/aromatic N) is 2. The third kappa shape index (κ3) is 5.94. The molecule has 9 heteroatoms. The van der Waals surface area contributed by atoms with Crippen molar-refractivity contribution >= 4 is 51.5 Å². The standard InChI is InChI=1S/C20H16ClFN4O2S/c1-12(27)24-16-8-4-13(5-9-16)10-17(21)19-25-26-20(29-19)18(28)23-11-14-2-6-15(22)7-3-14/h2-10H,11H2,1H3,(H,23,28)(H,24,27)/b17-10-. The highest BCUT2D eigenvalue weighted by Crippen LogP contribution is 2.25. The molecule has 0 saturated heterocycles. The van der Waals surface area contributed by atoms with E-state index >= 15 is 0 Å². The van der Waals surface area contributed by atoms with Crippen molar-refractivity contribution < 1.29 is 14.0 Å². The van der Waals surface area contributed by atoms with Crippen LogP contribution in [0.2, 0.25) is 0 Å². The Morgan fingerprint density at radius 1 is 1.07 bits per heavy atom. The van der Waals surface area contributed by atoms with Gasteiger partial charge in [-0.3, -0.25) is 9.59 Å². The molecule has 3 rings (SSSR count). The molecule has 0 aliphatic heterocycles. The molecule has 148 valence electrons. The SMILES string of the molecule is CC(=O)Nc1ccc(/C=C(\Cl)c2nnc(C(=O)NCc3ccc(F)cc3)s2)cc1. The molecule has 0 unspecified atom stereocenters. The predicted octanol–water partition coefficient (Wildman–Crippen LogP) is 4.30. The molecule has 29 heavy (non-hydrogen) atoms. The van der Waals surface area contributed by atoms with Crippen LogP contribution in [0.5, 0.6) is 0 Å². The first kappa shape index (κ1) is 20.6. The summed E-state index contributed by atoms with van der Waals surface area (Å²) in [6.07, 6.45) is 1.69. The Labute approximate surface area is 175 Å². The van der Waals surface area contributed by atoms with E-state index in [4.69, 9.17) is 11.6 Å². The van der Waals surface area contributed by atoms with Gasteiger partial charge in [0, 0.05) is 19.2 Å². The van der Waals surface area contributed by atoms with Gasteiger partial charge in [0.25, 0.3) is 5.91 Å². The van der Waals surface area contributed by atoms with Gasteiger partial charge in [0.1, 0.15) is 5.82 Å². The normalized spacial score (nSPS) is 11.2. The molecular formula is C20H16ClFN4O2S. The van der Waals surface area contributed by atoms with Crippen LogP contribution >= 0.6 is 22.9 Å². The third-order valence-electron chi connectivity index (χ3n) is 3.71. The van der Waals surface area contributed by atoms with Crippen molar-refractivity contribution in [2.24, 2.45) is 0 Å². The van der Waals surface area contributed by atoms with E-state index in [1.807, 2.05) is 0 Å². The first-order valence-electron chi connectivity index (χ1n) is 8.52. The quantitative estimate of drug-likeness (QED) is 0.610. The summed E-state index contributed by atoms with van der Waals surface area (Å²) in [5.74, 6) is -0.868. The second kappa shape index (κ2) is 9.40. The van der Waals surface area contributed by atoms with Crippen LogP contribution in [0, 0.1) is 5.82 Å². The zero-order valence-electron chi connectivity index (χ0n) is 15.3. The minimum absolute atomic E-state index is 0.148. The van der Waals surface area contributed by atoms with E-state index in [2.05, 4.69) is 20.8 Å². The number of hydrogen-bond acceptors (Lipinski definition) is 5. The minimum Gasteiger partial charge on any atom is -0.346 e. The lowest BCUT2D eigenvalue weighted by Gasteiger charge is -2.02. The molecule has 0 aliphatic rings. The third-order valence-corrected chi connectivity index (χ3v) is 5.07. The highest BCUT2D eigenvalue weighted by molar-refractivity contribution is 7.15. The van der Waals surface area contributed by atoms with Crippen LogP contribution in [0.15, 0.2) is 48.5 Å². The van der Waals surface area contributed by atoms with E-state index in [-0.39, 0.29) is 29.2 Å². The van der Waals surface area contributed by atoms with E-state index in [9.17, 15) is 14.0 Å². The first-order valence-corrected chi connectivity index (χ1v) is 9.71. The maximum absolute atomic E-state index is 12.9. The van der Waals surface area contributed by atoms with Gasteiger partial charge in [-0.15, -0.1) is 10.2 Å². The summed E-state index contributed by atoms with van der Waals surface area (Å²) >= 11 is 7.37. The van der Waals surface area contributed by atoms with Gasteiger partial charge in [-0.25, -0.2) is 4.39 Å². The number of aromatic nitrogens is 2. The highest BCUT2D eigenvalue weighted by Gasteiger charge is 2.14. The Kier molecular flexibility index (Phi) is 6.69. The van der Waals surface area contributed by atoms with Crippen molar-refractivity contribution in [3.63, 3.8) is 0 Å². The fourth-order valence-corrected chi connectivity index (χ4v) is 3.29. The molecule has 0 bridgehead atoms. The van der Waals surface area contributed by atoms with Crippen molar-refractivity contribution in [1.82, 2.24) is 15.5 Å². The molecule has 0 radical (unpaired) electrons. The summed E-state index contributed by atoms with van der Waals surface area (Å²) in [6, 6.07) is 13.0. The summed E-state index contributed by atoms with van der Waals surface area (Å²) in [4.78, 5) is 23.3. The fourth-order valence-electron chi connectivity index (χ4n) is 2.35. The van der Waals surface area contributed by atoms with E-state index in [1.165, 1.54) is 19.1 Å². The van der Waals surface area contributed by atoms with Gasteiger partial charge in [0.05, 0.1) is 5.03 Å². The molecule has 2 aromatic carbocycles. The van der Waals surface area contributed by atoms with E-state index in [0.717, 1.165) is 22.5 Å². The summed E-state index contributed by atoms with van der Waals surface area (Å²) in [7, 11) is 0. The van der Waals surface area contributed by atoms with Gasteiger partial charge in [-0.05, 0) is 41.5 Å². The van der Waals surface area contributed by atoms with Crippen LogP contribution in [0.4, 0.5) is 10.1 Å². The summed E-state index contributed by atoms with van der Waals surface area (Å²) in [5, 5.41) is 14.1. The van der Waals surface area contributed by atoms with Crippen molar-refractivity contribution in [1.29, 1.82) is 0 Å². The molecule has 0 atom stereocenters. The van der Waals surface area contributed by atoms with Gasteiger partial charge in [-0.1, -0.05) is 47.2 Å². The first-order chi connectivity index (χ1) is 13.9. The van der Waals surface area contributed by atoms with Crippen molar-refractivity contribution in [2.45, 2.75) is 13.5 Å². The van der Waals surface area contributed by atoms with Gasteiger partial charge in [0.15, 0.2) is 5.01 Å². The molecule has 0 saturated carbocycles. The molecule has 6 nitrogen and oxygen atoms in total. The van der Waals surface area contributed by atoms with Gasteiger partial charge in [-0.2, -0.15) is 0 Å². The Morgan fingerprint density at radius 2 is 1.72 bits per heavy atom. The zero-order chi connectivity index (χ0) is 20.8. The fraction of sp³-hybridized carbons (Fsp3) is 0.100. The molecule has 1 heterocycles. The van der Waals surface area contributed by atoms with Crippen molar-refractivity contribution in [3.8, 4) is 0 Å². The van der Waals surface area contributed by atoms with Crippen LogP contribution in [-0.4, -0.2) is 22.0 Å². The van der Waals surface area contributed by atoms with Gasteiger partial charge in [0.2, 0.25) is 10.9 Å². The topological polar surface area (TPSA) is 84.0 Å². The molecule has 3 aromatic rings. The Balaban J connectivity index is 1.63. The van der Waals surface area contributed by atoms with E-state index in [0.29, 0.717) is 15.7 Å².